The predicted octanol–water partition coefficient (Wildman–Crippen LogP) is 3.11. The van der Waals surface area contributed by atoms with E-state index in [1.54, 1.807) is 0 Å². The van der Waals surface area contributed by atoms with Gasteiger partial charge in [-0.3, -0.25) is 0 Å². The number of thiocarbonyl (C=S) groups is 1. The lowest BCUT2D eigenvalue weighted by Crippen LogP contribution is -2.26. The fraction of sp³-hybridized carbons (Fsp3) is 0.500. The molecule has 1 rings (SSSR count). The van der Waals surface area contributed by atoms with Crippen LogP contribution in [0, 0.1) is 12.8 Å². The van der Waals surface area contributed by atoms with E-state index in [0.717, 1.165) is 17.8 Å². The maximum absolute atomic E-state index is 5.77. The smallest absolute Gasteiger partial charge is 0.106 e. The highest BCUT2D eigenvalue weighted by Crippen LogP contribution is 2.22. The lowest BCUT2D eigenvalue weighted by molar-refractivity contribution is 0.560. The monoisotopic (exact) mass is 250 g/mol. The number of hydrogen-bond donors (Lipinski definition) is 1. The number of aryl methyl sites for hydroxylation is 1. The molecule has 0 spiro atoms. The summed E-state index contributed by atoms with van der Waals surface area (Å²) in [6.07, 6.45) is 1.18. The molecule has 1 atom stereocenters. The zero-order chi connectivity index (χ0) is 13.0. The Morgan fingerprint density at radius 3 is 2.65 bits per heavy atom. The van der Waals surface area contributed by atoms with Gasteiger partial charge in [-0.05, 0) is 30.5 Å². The molecule has 1 unspecified atom stereocenters. The Morgan fingerprint density at radius 1 is 1.47 bits per heavy atom. The van der Waals surface area contributed by atoms with E-state index >= 15 is 0 Å². The van der Waals surface area contributed by atoms with Crippen molar-refractivity contribution >= 4 is 22.9 Å². The molecule has 0 bridgehead atoms. The molecule has 1 aromatic carbocycles. The van der Waals surface area contributed by atoms with Crippen LogP contribution in [0.15, 0.2) is 18.2 Å². The van der Waals surface area contributed by atoms with Gasteiger partial charge in [-0.1, -0.05) is 38.6 Å². The van der Waals surface area contributed by atoms with Crippen molar-refractivity contribution in [1.29, 1.82) is 0 Å². The number of nitrogens with zero attached hydrogens (tertiary/aromatic N) is 1. The van der Waals surface area contributed by atoms with Gasteiger partial charge in [0.05, 0.1) is 0 Å². The molecule has 0 aromatic heterocycles. The quantitative estimate of drug-likeness (QED) is 0.814. The molecule has 2 nitrogen and oxygen atoms in total. The first kappa shape index (κ1) is 14.0. The Balaban J connectivity index is 3.02. The molecule has 0 heterocycles. The first-order valence-corrected chi connectivity index (χ1v) is 6.48. The summed E-state index contributed by atoms with van der Waals surface area (Å²) in [5.41, 5.74) is 9.11. The molecule has 0 amide bonds. The van der Waals surface area contributed by atoms with Crippen LogP contribution in [-0.4, -0.2) is 18.6 Å². The summed E-state index contributed by atoms with van der Waals surface area (Å²) in [6, 6.07) is 6.21. The number of hydrogen-bond acceptors (Lipinski definition) is 2. The number of anilines is 1. The second kappa shape index (κ2) is 6.01. The van der Waals surface area contributed by atoms with Crippen molar-refractivity contribution in [2.75, 3.05) is 18.5 Å². The molecule has 0 saturated carbocycles. The lowest BCUT2D eigenvalue weighted by Gasteiger charge is -2.25. The maximum Gasteiger partial charge on any atom is 0.106 e. The Labute approximate surface area is 110 Å². The van der Waals surface area contributed by atoms with Crippen LogP contribution in [-0.2, 0) is 0 Å². The molecule has 1 aromatic rings. The van der Waals surface area contributed by atoms with Gasteiger partial charge < -0.3 is 10.6 Å². The normalized spacial score (nSPS) is 12.2. The summed E-state index contributed by atoms with van der Waals surface area (Å²) >= 11 is 5.11. The topological polar surface area (TPSA) is 29.3 Å². The SMILES string of the molecule is CCC(C)CN(C)c1cc(C)ccc1C(N)=S. The molecule has 0 aliphatic carbocycles. The highest BCUT2D eigenvalue weighted by molar-refractivity contribution is 7.80. The van der Waals surface area contributed by atoms with Crippen molar-refractivity contribution in [2.24, 2.45) is 11.7 Å². The zero-order valence-electron chi connectivity index (χ0n) is 11.2. The van der Waals surface area contributed by atoms with Crippen LogP contribution in [0.25, 0.3) is 0 Å². The summed E-state index contributed by atoms with van der Waals surface area (Å²) < 4.78 is 0. The van der Waals surface area contributed by atoms with Gasteiger partial charge in [0.2, 0.25) is 0 Å². The summed E-state index contributed by atoms with van der Waals surface area (Å²) in [7, 11) is 2.10. The second-order valence-corrected chi connectivity index (χ2v) is 5.22. The molecule has 0 radical (unpaired) electrons. The van der Waals surface area contributed by atoms with Gasteiger partial charge in [-0.2, -0.15) is 0 Å². The van der Waals surface area contributed by atoms with Crippen LogP contribution in [0.3, 0.4) is 0 Å². The first-order chi connectivity index (χ1) is 7.95. The van der Waals surface area contributed by atoms with E-state index in [-0.39, 0.29) is 0 Å². The molecular weight excluding hydrogens is 228 g/mol. The van der Waals surface area contributed by atoms with Crippen molar-refractivity contribution in [1.82, 2.24) is 0 Å². The molecular formula is C14H22N2S. The minimum Gasteiger partial charge on any atom is -0.389 e. The minimum atomic E-state index is 0.469. The fourth-order valence-corrected chi connectivity index (χ4v) is 2.03. The summed E-state index contributed by atoms with van der Waals surface area (Å²) in [5, 5.41) is 0. The van der Waals surface area contributed by atoms with Crippen LogP contribution in [0.2, 0.25) is 0 Å². The Bertz CT molecular complexity index is 401. The number of rotatable bonds is 5. The number of benzene rings is 1. The van der Waals surface area contributed by atoms with Crippen LogP contribution < -0.4 is 10.6 Å². The lowest BCUT2D eigenvalue weighted by atomic mass is 10.1. The standard InChI is InChI=1S/C14H22N2S/c1-5-10(2)9-16(4)13-8-11(3)6-7-12(13)14(15)17/h6-8,10H,5,9H2,1-4H3,(H2,15,17). The van der Waals surface area contributed by atoms with Crippen LogP contribution in [0.4, 0.5) is 5.69 Å². The molecule has 0 saturated heterocycles. The predicted molar refractivity (Wildman–Crippen MR) is 79.8 cm³/mol. The molecule has 3 heteroatoms. The van der Waals surface area contributed by atoms with E-state index in [2.05, 4.69) is 44.9 Å². The van der Waals surface area contributed by atoms with Crippen molar-refractivity contribution in [3.05, 3.63) is 29.3 Å². The van der Waals surface area contributed by atoms with Gasteiger partial charge in [0.15, 0.2) is 0 Å². The Kier molecular flexibility index (Phi) is 4.94. The third-order valence-corrected chi connectivity index (χ3v) is 3.33. The van der Waals surface area contributed by atoms with Crippen molar-refractivity contribution in [3.8, 4) is 0 Å². The molecule has 0 fully saturated rings. The molecule has 17 heavy (non-hydrogen) atoms. The molecule has 0 aliphatic rings. The third-order valence-electron chi connectivity index (χ3n) is 3.11. The molecule has 0 aliphatic heterocycles. The number of nitrogens with two attached hydrogens (primary N) is 1. The van der Waals surface area contributed by atoms with E-state index < -0.39 is 0 Å². The van der Waals surface area contributed by atoms with Gasteiger partial charge in [0, 0.05) is 24.8 Å². The summed E-state index contributed by atoms with van der Waals surface area (Å²) in [6.45, 7) is 7.58. The van der Waals surface area contributed by atoms with Gasteiger partial charge in [-0.15, -0.1) is 0 Å². The van der Waals surface area contributed by atoms with E-state index in [9.17, 15) is 0 Å². The molecule has 94 valence electrons. The van der Waals surface area contributed by atoms with Crippen LogP contribution in [0.1, 0.15) is 31.4 Å². The largest absolute Gasteiger partial charge is 0.389 e. The first-order valence-electron chi connectivity index (χ1n) is 6.07. The average Bonchev–Trinajstić information content (AvgIpc) is 2.28. The highest BCUT2D eigenvalue weighted by Gasteiger charge is 2.11. The third kappa shape index (κ3) is 3.70. The Hall–Kier alpha value is -1.09. The van der Waals surface area contributed by atoms with Crippen molar-refractivity contribution < 1.29 is 0 Å². The van der Waals surface area contributed by atoms with E-state index in [0.29, 0.717) is 10.9 Å². The summed E-state index contributed by atoms with van der Waals surface area (Å²) in [4.78, 5) is 2.71. The van der Waals surface area contributed by atoms with Gasteiger partial charge in [0.25, 0.3) is 0 Å². The van der Waals surface area contributed by atoms with Crippen LogP contribution >= 0.6 is 12.2 Å². The van der Waals surface area contributed by atoms with E-state index in [4.69, 9.17) is 18.0 Å². The van der Waals surface area contributed by atoms with E-state index in [1.807, 2.05) is 6.07 Å². The van der Waals surface area contributed by atoms with Gasteiger partial charge in [0.1, 0.15) is 4.99 Å². The molecule has 2 N–H and O–H groups in total. The van der Waals surface area contributed by atoms with E-state index in [1.165, 1.54) is 12.0 Å². The minimum absolute atomic E-state index is 0.469. The van der Waals surface area contributed by atoms with Gasteiger partial charge >= 0.3 is 0 Å². The highest BCUT2D eigenvalue weighted by atomic mass is 32.1. The second-order valence-electron chi connectivity index (χ2n) is 4.78. The van der Waals surface area contributed by atoms with Gasteiger partial charge in [-0.25, -0.2) is 0 Å². The fourth-order valence-electron chi connectivity index (χ4n) is 1.86. The van der Waals surface area contributed by atoms with Crippen LogP contribution in [0.5, 0.6) is 0 Å². The Morgan fingerprint density at radius 2 is 2.12 bits per heavy atom. The maximum atomic E-state index is 5.77. The van der Waals surface area contributed by atoms with Crippen molar-refractivity contribution in [2.45, 2.75) is 27.2 Å². The zero-order valence-corrected chi connectivity index (χ0v) is 12.0. The average molecular weight is 250 g/mol. The summed E-state index contributed by atoms with van der Waals surface area (Å²) in [5.74, 6) is 0.666. The van der Waals surface area contributed by atoms with Crippen molar-refractivity contribution in [3.63, 3.8) is 0 Å².